The zero-order chi connectivity index (χ0) is 36.7. The molecular weight excluding hydrogens is 710 g/mol. The Labute approximate surface area is 316 Å². The zero-order valence-electron chi connectivity index (χ0n) is 30.0. The molecule has 0 saturated heterocycles. The van der Waals surface area contributed by atoms with Crippen LogP contribution in [0.2, 0.25) is 0 Å². The summed E-state index contributed by atoms with van der Waals surface area (Å²) in [7, 11) is 2.16. The highest BCUT2D eigenvalue weighted by Crippen LogP contribution is 2.73. The van der Waals surface area contributed by atoms with Crippen molar-refractivity contribution in [3.8, 4) is 18.1 Å². The van der Waals surface area contributed by atoms with Crippen LogP contribution in [-0.2, 0) is 18.3 Å². The lowest BCUT2D eigenvalue weighted by molar-refractivity contribution is -0.153. The zero-order valence-corrected chi connectivity index (χ0v) is 31.6. The number of aryl methyl sites for hydroxylation is 1. The molecule has 0 radical (unpaired) electrons. The first kappa shape index (κ1) is 35.4. The van der Waals surface area contributed by atoms with Crippen LogP contribution in [-0.4, -0.2) is 69.4 Å². The summed E-state index contributed by atoms with van der Waals surface area (Å²) in [4.78, 5) is 26.5. The third-order valence-electron chi connectivity index (χ3n) is 11.0. The minimum absolute atomic E-state index is 0.0292. The van der Waals surface area contributed by atoms with Gasteiger partial charge in [0.1, 0.15) is 0 Å². The van der Waals surface area contributed by atoms with Crippen molar-refractivity contribution >= 4 is 60.8 Å². The molecule has 53 heavy (non-hydrogen) atoms. The summed E-state index contributed by atoms with van der Waals surface area (Å²) in [6.45, 7) is 5.01. The number of ether oxygens (including phenoxy) is 1. The molecule has 3 aliphatic carbocycles. The normalized spacial score (nSPS) is 20.1. The van der Waals surface area contributed by atoms with Crippen LogP contribution < -0.4 is 15.0 Å². The summed E-state index contributed by atoms with van der Waals surface area (Å²) in [5.74, 6) is 2.86. The van der Waals surface area contributed by atoms with Crippen LogP contribution >= 0.6 is 22.7 Å². The Morgan fingerprint density at radius 3 is 2.75 bits per heavy atom. The van der Waals surface area contributed by atoms with E-state index in [-0.39, 0.29) is 29.3 Å². The first-order valence-electron chi connectivity index (χ1n) is 18.2. The number of aromatic nitrogens is 4. The Balaban J connectivity index is 0.880. The number of carboxylic acids is 1. The van der Waals surface area contributed by atoms with E-state index in [0.717, 1.165) is 90.1 Å². The number of anilines is 4. The second-order valence-electron chi connectivity index (χ2n) is 14.9. The van der Waals surface area contributed by atoms with Gasteiger partial charge in [-0.05, 0) is 113 Å². The van der Waals surface area contributed by atoms with Crippen molar-refractivity contribution in [3.05, 3.63) is 75.5 Å². The molecule has 5 aromatic rings. The molecule has 3 fully saturated rings. The standard InChI is InChI=1S/C40H42FN7O3S2/c1-4-5-8-17-47(3)24-39-21-40(22-39,23-39)26-15-16-30(28(41)20-26)51-19-10-14-32-33(36(49)50)43-38(53-32)48-18-9-11-27-25(2)34(45-46-35(27)48)44-37-42-29-12-6-7-13-31(29)52-37/h1,6-7,12-13,15-16,20H,5,8-11,14,17-19,21-24H2,2-3H3,(H,49,50)(H,42,44,45). The SMILES string of the molecule is C#CCCCN(C)CC12CC(c3ccc(OCCCc4sc(N5CCCc6c5nnc(Nc5nc7ccccc7s5)c6C)nc4C(=O)O)c(F)c3)(C1)C2. The molecule has 2 bridgehead atoms. The minimum atomic E-state index is -1.08. The molecule has 0 spiro atoms. The molecule has 3 saturated carbocycles. The average Bonchev–Trinajstić information content (AvgIpc) is 3.73. The number of para-hydroxylation sites is 1. The summed E-state index contributed by atoms with van der Waals surface area (Å²) in [6, 6.07) is 13.4. The van der Waals surface area contributed by atoms with Crippen molar-refractivity contribution in [3.63, 3.8) is 0 Å². The lowest BCUT2D eigenvalue weighted by Gasteiger charge is -2.72. The molecular formula is C40H42FN7O3S2. The maximum absolute atomic E-state index is 15.2. The monoisotopic (exact) mass is 751 g/mol. The predicted molar refractivity (Wildman–Crippen MR) is 208 cm³/mol. The number of carbonyl (C=O) groups is 1. The fourth-order valence-corrected chi connectivity index (χ4v) is 10.6. The number of aromatic carboxylic acids is 1. The molecule has 2 N–H and O–H groups in total. The Bertz CT molecular complexity index is 2180. The Hall–Kier alpha value is -4.64. The third kappa shape index (κ3) is 6.84. The average molecular weight is 752 g/mol. The van der Waals surface area contributed by atoms with E-state index in [1.807, 2.05) is 42.2 Å². The van der Waals surface area contributed by atoms with E-state index < -0.39 is 5.97 Å². The number of unbranched alkanes of at least 4 members (excludes halogenated alkanes) is 1. The topological polar surface area (TPSA) is 117 Å². The minimum Gasteiger partial charge on any atom is -0.491 e. The van der Waals surface area contributed by atoms with Crippen LogP contribution in [0.15, 0.2) is 42.5 Å². The molecule has 0 unspecified atom stereocenters. The molecule has 3 aromatic heterocycles. The number of fused-ring (bicyclic) bond motifs is 2. The molecule has 2 aromatic carbocycles. The highest BCUT2D eigenvalue weighted by atomic mass is 32.1. The molecule has 4 heterocycles. The fourth-order valence-electron chi connectivity index (χ4n) is 8.64. The second-order valence-corrected chi connectivity index (χ2v) is 17.0. The number of nitrogens with zero attached hydrogens (tertiary/aromatic N) is 6. The summed E-state index contributed by atoms with van der Waals surface area (Å²) < 4.78 is 22.2. The smallest absolute Gasteiger partial charge is 0.355 e. The van der Waals surface area contributed by atoms with E-state index in [2.05, 4.69) is 43.4 Å². The number of nitrogens with one attached hydrogen (secondary N) is 1. The Kier molecular flexibility index (Phi) is 9.55. The molecule has 0 amide bonds. The van der Waals surface area contributed by atoms with E-state index in [1.54, 1.807) is 23.5 Å². The van der Waals surface area contributed by atoms with Gasteiger partial charge in [-0.15, -0.1) is 33.9 Å². The van der Waals surface area contributed by atoms with Crippen molar-refractivity contribution in [2.45, 2.75) is 70.1 Å². The lowest BCUT2D eigenvalue weighted by atomic mass is 9.33. The van der Waals surface area contributed by atoms with Crippen LogP contribution in [0, 0.1) is 30.5 Å². The fraction of sp³-hybridized carbons (Fsp3) is 0.425. The number of rotatable bonds is 15. The van der Waals surface area contributed by atoms with E-state index in [9.17, 15) is 9.90 Å². The number of carboxylic acid groups (broad SMARTS) is 1. The molecule has 1 aliphatic heterocycles. The van der Waals surface area contributed by atoms with Crippen molar-refractivity contribution in [2.24, 2.45) is 5.41 Å². The van der Waals surface area contributed by atoms with Gasteiger partial charge in [0.15, 0.2) is 39.2 Å². The number of hydrogen-bond donors (Lipinski definition) is 2. The highest BCUT2D eigenvalue weighted by Gasteiger charge is 2.68. The van der Waals surface area contributed by atoms with E-state index in [1.165, 1.54) is 11.3 Å². The number of benzene rings is 2. The summed E-state index contributed by atoms with van der Waals surface area (Å²) in [5.41, 5.74) is 4.49. The lowest BCUT2D eigenvalue weighted by Crippen LogP contribution is -2.67. The number of halogens is 1. The number of terminal acetylenes is 1. The molecule has 274 valence electrons. The maximum Gasteiger partial charge on any atom is 0.355 e. The second kappa shape index (κ2) is 14.3. The van der Waals surface area contributed by atoms with E-state index in [4.69, 9.17) is 11.2 Å². The highest BCUT2D eigenvalue weighted by molar-refractivity contribution is 7.22. The van der Waals surface area contributed by atoms with E-state index >= 15 is 4.39 Å². The quantitative estimate of drug-likeness (QED) is 0.0800. The first-order valence-corrected chi connectivity index (χ1v) is 19.8. The van der Waals surface area contributed by atoms with Crippen molar-refractivity contribution in [1.82, 2.24) is 25.1 Å². The summed E-state index contributed by atoms with van der Waals surface area (Å²) >= 11 is 2.91. The van der Waals surface area contributed by atoms with E-state index in [0.29, 0.717) is 46.4 Å². The Morgan fingerprint density at radius 2 is 1.98 bits per heavy atom. The molecule has 0 atom stereocenters. The van der Waals surface area contributed by atoms with Crippen LogP contribution in [0.25, 0.3) is 10.2 Å². The van der Waals surface area contributed by atoms with Gasteiger partial charge in [-0.3, -0.25) is 0 Å². The largest absolute Gasteiger partial charge is 0.491 e. The molecule has 4 aliphatic rings. The van der Waals surface area contributed by atoms with Crippen molar-refractivity contribution in [1.29, 1.82) is 0 Å². The van der Waals surface area contributed by atoms with Crippen LogP contribution in [0.3, 0.4) is 0 Å². The molecule has 13 heteroatoms. The van der Waals surface area contributed by atoms with Crippen molar-refractivity contribution < 1.29 is 19.0 Å². The van der Waals surface area contributed by atoms with Crippen LogP contribution in [0.4, 0.5) is 26.3 Å². The first-order chi connectivity index (χ1) is 25.7. The summed E-state index contributed by atoms with van der Waals surface area (Å²) in [5, 5.41) is 23.8. The summed E-state index contributed by atoms with van der Waals surface area (Å²) in [6.07, 6.45) is 13.2. The van der Waals surface area contributed by atoms with Crippen LogP contribution in [0.1, 0.15) is 77.0 Å². The number of thiazole rings is 2. The van der Waals surface area contributed by atoms with Gasteiger partial charge in [0.25, 0.3) is 0 Å². The maximum atomic E-state index is 15.2. The van der Waals surface area contributed by atoms with Gasteiger partial charge in [-0.25, -0.2) is 19.2 Å². The van der Waals surface area contributed by atoms with Crippen LogP contribution in [0.5, 0.6) is 5.75 Å². The molecule has 10 nitrogen and oxygen atoms in total. The van der Waals surface area contributed by atoms with Crippen molar-refractivity contribution in [2.75, 3.05) is 43.5 Å². The third-order valence-corrected chi connectivity index (χ3v) is 13.1. The number of hydrogen-bond acceptors (Lipinski definition) is 11. The molecule has 9 rings (SSSR count). The van der Waals surface area contributed by atoms with Gasteiger partial charge in [-0.2, -0.15) is 0 Å². The van der Waals surface area contributed by atoms with Gasteiger partial charge < -0.3 is 25.0 Å². The van der Waals surface area contributed by atoms with Gasteiger partial charge in [-0.1, -0.05) is 29.5 Å². The van der Waals surface area contributed by atoms with Gasteiger partial charge >= 0.3 is 5.97 Å². The van der Waals surface area contributed by atoms with Gasteiger partial charge in [0, 0.05) is 35.5 Å². The Morgan fingerprint density at radius 1 is 1.15 bits per heavy atom. The van der Waals surface area contributed by atoms with Gasteiger partial charge in [0.2, 0.25) is 0 Å². The predicted octanol–water partition coefficient (Wildman–Crippen LogP) is 8.29. The van der Waals surface area contributed by atoms with Gasteiger partial charge in [0.05, 0.1) is 16.8 Å².